The Labute approximate surface area is 153 Å². The molecule has 2 aromatic heterocycles. The highest BCUT2D eigenvalue weighted by Gasteiger charge is 2.33. The third-order valence-corrected chi connectivity index (χ3v) is 6.40. The summed E-state index contributed by atoms with van der Waals surface area (Å²) in [5.74, 6) is 0.740. The molecule has 0 spiro atoms. The Morgan fingerprint density at radius 3 is 2.79 bits per heavy atom. The van der Waals surface area contributed by atoms with E-state index < -0.39 is 0 Å². The number of aromatic nitrogens is 2. The fourth-order valence-electron chi connectivity index (χ4n) is 4.20. The van der Waals surface area contributed by atoms with Gasteiger partial charge in [-0.15, -0.1) is 23.7 Å². The SMILES string of the molecule is Cl.c1cn2c(CN3CCC(N4CCNCC4)C3)c(C3CC3)nc2s1. The van der Waals surface area contributed by atoms with E-state index in [0.717, 1.165) is 31.6 Å². The number of rotatable bonds is 4. The third kappa shape index (κ3) is 3.10. The maximum Gasteiger partial charge on any atom is 0.194 e. The summed E-state index contributed by atoms with van der Waals surface area (Å²) in [6.45, 7) is 8.27. The summed E-state index contributed by atoms with van der Waals surface area (Å²) >= 11 is 1.77. The first-order valence-corrected chi connectivity index (χ1v) is 9.88. The quantitative estimate of drug-likeness (QED) is 0.898. The molecule has 1 N–H and O–H groups in total. The van der Waals surface area contributed by atoms with Crippen LogP contribution in [0.15, 0.2) is 11.6 Å². The van der Waals surface area contributed by atoms with Crippen LogP contribution in [-0.4, -0.2) is 64.5 Å². The van der Waals surface area contributed by atoms with Gasteiger partial charge in [0, 0.05) is 69.3 Å². The van der Waals surface area contributed by atoms with Gasteiger partial charge in [-0.1, -0.05) is 0 Å². The summed E-state index contributed by atoms with van der Waals surface area (Å²) in [4.78, 5) is 11.4. The maximum absolute atomic E-state index is 4.92. The van der Waals surface area contributed by atoms with Crippen molar-refractivity contribution < 1.29 is 0 Å². The lowest BCUT2D eigenvalue weighted by molar-refractivity contribution is 0.170. The van der Waals surface area contributed by atoms with E-state index in [-0.39, 0.29) is 12.4 Å². The van der Waals surface area contributed by atoms with Gasteiger partial charge in [0.25, 0.3) is 0 Å². The molecule has 132 valence electrons. The number of hydrogen-bond acceptors (Lipinski definition) is 5. The first kappa shape index (κ1) is 16.8. The van der Waals surface area contributed by atoms with Crippen molar-refractivity contribution in [3.05, 3.63) is 23.0 Å². The molecule has 3 fully saturated rings. The van der Waals surface area contributed by atoms with Crippen molar-refractivity contribution in [1.82, 2.24) is 24.5 Å². The zero-order valence-electron chi connectivity index (χ0n) is 14.0. The van der Waals surface area contributed by atoms with Gasteiger partial charge in [-0.25, -0.2) is 4.98 Å². The first-order valence-electron chi connectivity index (χ1n) is 9.00. The Balaban J connectivity index is 0.00000146. The van der Waals surface area contributed by atoms with Crippen LogP contribution < -0.4 is 5.32 Å². The predicted molar refractivity (Wildman–Crippen MR) is 100 cm³/mol. The molecule has 2 aromatic rings. The van der Waals surface area contributed by atoms with Gasteiger partial charge in [-0.05, 0) is 19.3 Å². The second-order valence-corrected chi connectivity index (χ2v) is 8.11. The molecule has 3 aliphatic rings. The molecule has 1 atom stereocenters. The van der Waals surface area contributed by atoms with Crippen molar-refractivity contribution in [2.24, 2.45) is 0 Å². The van der Waals surface area contributed by atoms with Crippen molar-refractivity contribution in [2.45, 2.75) is 37.8 Å². The topological polar surface area (TPSA) is 35.8 Å². The van der Waals surface area contributed by atoms with Crippen LogP contribution in [0.25, 0.3) is 4.96 Å². The molecule has 0 amide bonds. The second-order valence-electron chi connectivity index (χ2n) is 7.24. The standard InChI is InChI=1S/C17H25N5S.ClH/c1-2-13(1)16-15(22-9-10-23-17(22)19-16)12-20-6-3-14(11-20)21-7-4-18-5-8-21;/h9-10,13-14,18H,1-8,11-12H2;1H. The van der Waals surface area contributed by atoms with Crippen LogP contribution in [0.4, 0.5) is 0 Å². The lowest BCUT2D eigenvalue weighted by atomic mass is 10.2. The highest BCUT2D eigenvalue weighted by atomic mass is 35.5. The van der Waals surface area contributed by atoms with E-state index in [0.29, 0.717) is 0 Å². The van der Waals surface area contributed by atoms with Crippen LogP contribution in [0.2, 0.25) is 0 Å². The number of fused-ring (bicyclic) bond motifs is 1. The summed E-state index contributed by atoms with van der Waals surface area (Å²) < 4.78 is 2.34. The Morgan fingerprint density at radius 2 is 2.00 bits per heavy atom. The van der Waals surface area contributed by atoms with Crippen LogP contribution in [0, 0.1) is 0 Å². The normalized spacial score (nSPS) is 26.1. The molecule has 1 aliphatic carbocycles. The van der Waals surface area contributed by atoms with Crippen molar-refractivity contribution in [3.63, 3.8) is 0 Å². The number of nitrogens with zero attached hydrogens (tertiary/aromatic N) is 4. The number of likely N-dealkylation sites (tertiary alicyclic amines) is 1. The maximum atomic E-state index is 4.92. The van der Waals surface area contributed by atoms with Gasteiger partial charge in [-0.2, -0.15) is 0 Å². The molecule has 24 heavy (non-hydrogen) atoms. The summed E-state index contributed by atoms with van der Waals surface area (Å²) in [5.41, 5.74) is 2.85. The summed E-state index contributed by atoms with van der Waals surface area (Å²) in [5, 5.41) is 5.63. The predicted octanol–water partition coefficient (Wildman–Crippen LogP) is 2.17. The third-order valence-electron chi connectivity index (χ3n) is 5.64. The van der Waals surface area contributed by atoms with Gasteiger partial charge in [-0.3, -0.25) is 14.2 Å². The highest BCUT2D eigenvalue weighted by Crippen LogP contribution is 2.42. The van der Waals surface area contributed by atoms with Gasteiger partial charge in [0.15, 0.2) is 4.96 Å². The molecule has 7 heteroatoms. The minimum Gasteiger partial charge on any atom is -0.314 e. The molecule has 1 unspecified atom stereocenters. The number of hydrogen-bond donors (Lipinski definition) is 1. The van der Waals surface area contributed by atoms with Crippen molar-refractivity contribution >= 4 is 28.7 Å². The molecule has 5 nitrogen and oxygen atoms in total. The van der Waals surface area contributed by atoms with Crippen LogP contribution in [-0.2, 0) is 6.54 Å². The average molecular weight is 368 g/mol. The fourth-order valence-corrected chi connectivity index (χ4v) is 4.94. The highest BCUT2D eigenvalue weighted by molar-refractivity contribution is 7.15. The summed E-state index contributed by atoms with van der Waals surface area (Å²) in [7, 11) is 0. The largest absolute Gasteiger partial charge is 0.314 e. The molecular formula is C17H26ClN5S. The molecule has 1 saturated carbocycles. The number of nitrogens with one attached hydrogen (secondary N) is 1. The Morgan fingerprint density at radius 1 is 1.17 bits per heavy atom. The minimum atomic E-state index is 0. The van der Waals surface area contributed by atoms with E-state index in [9.17, 15) is 0 Å². The molecule has 2 aliphatic heterocycles. The van der Waals surface area contributed by atoms with Crippen LogP contribution >= 0.6 is 23.7 Å². The number of imidazole rings is 1. The van der Waals surface area contributed by atoms with Gasteiger partial charge in [0.1, 0.15) is 0 Å². The Hall–Kier alpha value is -0.660. The Bertz CT molecular complexity index is 688. The van der Waals surface area contributed by atoms with Crippen molar-refractivity contribution in [1.29, 1.82) is 0 Å². The number of thiazole rings is 1. The molecule has 2 saturated heterocycles. The lowest BCUT2D eigenvalue weighted by Gasteiger charge is -2.32. The lowest BCUT2D eigenvalue weighted by Crippen LogP contribution is -2.49. The monoisotopic (exact) mass is 367 g/mol. The smallest absolute Gasteiger partial charge is 0.194 e. The van der Waals surface area contributed by atoms with E-state index >= 15 is 0 Å². The van der Waals surface area contributed by atoms with Crippen LogP contribution in [0.3, 0.4) is 0 Å². The average Bonchev–Trinajstić information content (AvgIpc) is 3.01. The number of halogens is 1. The molecule has 5 rings (SSSR count). The molecule has 0 aromatic carbocycles. The molecular weight excluding hydrogens is 342 g/mol. The van der Waals surface area contributed by atoms with Gasteiger partial charge >= 0.3 is 0 Å². The van der Waals surface area contributed by atoms with E-state index in [2.05, 4.69) is 31.1 Å². The number of piperazine rings is 1. The first-order chi connectivity index (χ1) is 11.4. The van der Waals surface area contributed by atoms with E-state index in [4.69, 9.17) is 4.98 Å². The summed E-state index contributed by atoms with van der Waals surface area (Å²) in [6, 6.07) is 0.757. The zero-order valence-corrected chi connectivity index (χ0v) is 15.6. The molecule has 0 bridgehead atoms. The van der Waals surface area contributed by atoms with E-state index in [1.807, 2.05) is 0 Å². The fraction of sp³-hybridized carbons (Fsp3) is 0.706. The Kier molecular flexibility index (Phi) is 4.84. The summed E-state index contributed by atoms with van der Waals surface area (Å²) in [6.07, 6.45) is 6.20. The van der Waals surface area contributed by atoms with Crippen molar-refractivity contribution in [2.75, 3.05) is 39.3 Å². The van der Waals surface area contributed by atoms with Crippen LogP contribution in [0.5, 0.6) is 0 Å². The van der Waals surface area contributed by atoms with E-state index in [1.165, 1.54) is 61.8 Å². The van der Waals surface area contributed by atoms with E-state index in [1.54, 1.807) is 11.3 Å². The van der Waals surface area contributed by atoms with Crippen LogP contribution in [0.1, 0.15) is 36.6 Å². The van der Waals surface area contributed by atoms with Crippen molar-refractivity contribution in [3.8, 4) is 0 Å². The molecule has 4 heterocycles. The molecule has 0 radical (unpaired) electrons. The van der Waals surface area contributed by atoms with Gasteiger partial charge in [0.05, 0.1) is 11.4 Å². The van der Waals surface area contributed by atoms with Gasteiger partial charge in [0.2, 0.25) is 0 Å². The minimum absolute atomic E-state index is 0. The van der Waals surface area contributed by atoms with Gasteiger partial charge < -0.3 is 5.32 Å². The zero-order chi connectivity index (χ0) is 15.2. The second kappa shape index (κ2) is 6.92.